The molecule has 1 heterocycles. The van der Waals surface area contributed by atoms with Crippen LogP contribution in [0.3, 0.4) is 0 Å². The van der Waals surface area contributed by atoms with Gasteiger partial charge in [-0.25, -0.2) is 13.2 Å². The van der Waals surface area contributed by atoms with E-state index < -0.39 is 44.3 Å². The summed E-state index contributed by atoms with van der Waals surface area (Å²) in [5.74, 6) is -0.423. The van der Waals surface area contributed by atoms with Crippen LogP contribution in [0, 0.1) is 11.3 Å². The number of carbonyl (C=O) groups excluding carboxylic acids is 2. The van der Waals surface area contributed by atoms with Gasteiger partial charge in [-0.15, -0.1) is 5.06 Å². The number of nitriles is 1. The van der Waals surface area contributed by atoms with E-state index in [2.05, 4.69) is 18.0 Å². The van der Waals surface area contributed by atoms with Crippen molar-refractivity contribution in [1.29, 1.82) is 5.26 Å². The second-order valence-electron chi connectivity index (χ2n) is 9.30. The number of benzene rings is 1. The highest BCUT2D eigenvalue weighted by Gasteiger charge is 2.51. The van der Waals surface area contributed by atoms with Crippen LogP contribution in [0.1, 0.15) is 40.0 Å². The van der Waals surface area contributed by atoms with Crippen molar-refractivity contribution in [2.45, 2.75) is 67.4 Å². The Hall–Kier alpha value is -3.10. The van der Waals surface area contributed by atoms with E-state index in [1.165, 1.54) is 18.2 Å². The molecule has 34 heavy (non-hydrogen) atoms. The highest BCUT2D eigenvalue weighted by molar-refractivity contribution is 7.92. The summed E-state index contributed by atoms with van der Waals surface area (Å²) in [6.45, 7) is 8.39. The number of carbonyl (C=O) groups is 2. The van der Waals surface area contributed by atoms with Gasteiger partial charge >= 0.3 is 6.16 Å². The first-order valence-corrected chi connectivity index (χ1v) is 12.4. The van der Waals surface area contributed by atoms with Gasteiger partial charge in [0.1, 0.15) is 34.4 Å². The topological polar surface area (TPSA) is 135 Å². The monoisotopic (exact) mass is 491 g/mol. The van der Waals surface area contributed by atoms with Crippen LogP contribution in [0.5, 0.6) is 5.75 Å². The van der Waals surface area contributed by atoms with Crippen molar-refractivity contribution in [3.8, 4) is 11.8 Å². The molecule has 1 N–H and O–H groups in total. The van der Waals surface area contributed by atoms with Gasteiger partial charge in [-0.2, -0.15) is 5.26 Å². The first kappa shape index (κ1) is 25.5. The number of nitrogens with zero attached hydrogens (tertiary/aromatic N) is 2. The van der Waals surface area contributed by atoms with Crippen molar-refractivity contribution in [3.63, 3.8) is 0 Å². The molecule has 11 heteroatoms. The summed E-state index contributed by atoms with van der Waals surface area (Å²) < 4.78 is 37.7. The molecule has 1 aromatic carbocycles. The number of hydrogen-bond donors (Lipinski definition) is 1. The van der Waals surface area contributed by atoms with E-state index in [4.69, 9.17) is 14.3 Å². The summed E-state index contributed by atoms with van der Waals surface area (Å²) in [4.78, 5) is 30.5. The van der Waals surface area contributed by atoms with Crippen LogP contribution in [0.2, 0.25) is 0 Å². The molecule has 184 valence electrons. The summed E-state index contributed by atoms with van der Waals surface area (Å²) in [7, 11) is -3.98. The van der Waals surface area contributed by atoms with Crippen molar-refractivity contribution >= 4 is 21.9 Å². The quantitative estimate of drug-likeness (QED) is 0.430. The lowest BCUT2D eigenvalue weighted by atomic mass is 10.2. The Kier molecular flexibility index (Phi) is 7.24. The molecule has 2 atom stereocenters. The molecule has 1 aliphatic carbocycles. The van der Waals surface area contributed by atoms with E-state index in [1.54, 1.807) is 32.9 Å². The Labute approximate surface area is 199 Å². The fourth-order valence-electron chi connectivity index (χ4n) is 3.54. The van der Waals surface area contributed by atoms with Gasteiger partial charge in [-0.05, 0) is 52.2 Å². The molecule has 1 aliphatic heterocycles. The van der Waals surface area contributed by atoms with Crippen molar-refractivity contribution in [2.24, 2.45) is 0 Å². The lowest BCUT2D eigenvalue weighted by molar-refractivity contribution is -0.162. The Balaban J connectivity index is 1.86. The molecule has 0 radical (unpaired) electrons. The van der Waals surface area contributed by atoms with Crippen LogP contribution in [0.4, 0.5) is 4.79 Å². The minimum atomic E-state index is -3.98. The smallest absolute Gasteiger partial charge is 0.488 e. The first-order chi connectivity index (χ1) is 15.9. The van der Waals surface area contributed by atoms with Crippen LogP contribution in [0.15, 0.2) is 41.8 Å². The lowest BCUT2D eigenvalue weighted by Crippen LogP contribution is -2.48. The maximum Gasteiger partial charge on any atom is 0.528 e. The molecule has 1 amide bonds. The highest BCUT2D eigenvalue weighted by Crippen LogP contribution is 2.37. The maximum absolute atomic E-state index is 13.5. The maximum atomic E-state index is 13.5. The van der Waals surface area contributed by atoms with Gasteiger partial charge in [-0.1, -0.05) is 24.8 Å². The van der Waals surface area contributed by atoms with E-state index in [-0.39, 0.29) is 30.2 Å². The largest absolute Gasteiger partial charge is 0.528 e. The summed E-state index contributed by atoms with van der Waals surface area (Å²) in [6.07, 6.45) is 1.31. The van der Waals surface area contributed by atoms with Crippen LogP contribution in [0.25, 0.3) is 0 Å². The van der Waals surface area contributed by atoms with Gasteiger partial charge in [0.05, 0.1) is 17.9 Å². The second-order valence-corrected chi connectivity index (χ2v) is 11.5. The van der Waals surface area contributed by atoms with Crippen molar-refractivity contribution < 1.29 is 32.3 Å². The zero-order valence-corrected chi connectivity index (χ0v) is 20.3. The first-order valence-electron chi connectivity index (χ1n) is 10.9. The summed E-state index contributed by atoms with van der Waals surface area (Å²) >= 11 is 0. The van der Waals surface area contributed by atoms with Gasteiger partial charge in [0, 0.05) is 0 Å². The van der Waals surface area contributed by atoms with Gasteiger partial charge in [0.25, 0.3) is 0 Å². The number of amides is 1. The number of nitrogens with one attached hydrogen (secondary N) is 1. The lowest BCUT2D eigenvalue weighted by Gasteiger charge is -2.25. The predicted molar refractivity (Wildman–Crippen MR) is 121 cm³/mol. The van der Waals surface area contributed by atoms with Crippen LogP contribution in [-0.2, 0) is 24.2 Å². The third-order valence-electron chi connectivity index (χ3n) is 5.38. The average molecular weight is 492 g/mol. The molecule has 0 aromatic heterocycles. The molecule has 3 rings (SSSR count). The van der Waals surface area contributed by atoms with E-state index >= 15 is 0 Å². The van der Waals surface area contributed by atoms with Crippen molar-refractivity contribution in [2.75, 3.05) is 13.2 Å². The Morgan fingerprint density at radius 2 is 2.00 bits per heavy atom. The third kappa shape index (κ3) is 5.87. The van der Waals surface area contributed by atoms with Crippen molar-refractivity contribution in [3.05, 3.63) is 36.9 Å². The normalized spacial score (nSPS) is 21.7. The van der Waals surface area contributed by atoms with Gasteiger partial charge in [0.2, 0.25) is 5.91 Å². The molecular weight excluding hydrogens is 462 g/mol. The van der Waals surface area contributed by atoms with Crippen molar-refractivity contribution in [1.82, 2.24) is 10.4 Å². The number of sulfone groups is 1. The van der Waals surface area contributed by atoms with E-state index in [1.807, 2.05) is 0 Å². The average Bonchev–Trinajstić information content (AvgIpc) is 3.40. The summed E-state index contributed by atoms with van der Waals surface area (Å²) in [5.41, 5.74) is -1.81. The molecule has 10 nitrogen and oxygen atoms in total. The Morgan fingerprint density at radius 1 is 1.32 bits per heavy atom. The number of ether oxygens (including phenoxy) is 2. The molecule has 0 bridgehead atoms. The standard InChI is InChI=1S/C23H29N3O7S/c1-5-12-31-18-8-6-7-9-19(18)34(29,30)16-13-17(20(27)25-23(15-24)10-11-23)26(14-16)33-21(28)32-22(2,3)4/h5-9,16-17H,1,10-14H2,2-4H3,(H,25,27)/t16-,17+/m1/s1. The number of rotatable bonds is 8. The molecule has 2 aliphatic rings. The number of hydroxylamine groups is 2. The van der Waals surface area contributed by atoms with E-state index in [9.17, 15) is 23.3 Å². The van der Waals surface area contributed by atoms with Gasteiger partial charge in [-0.3, -0.25) is 4.79 Å². The second kappa shape index (κ2) is 9.64. The molecule has 1 saturated carbocycles. The highest BCUT2D eigenvalue weighted by atomic mass is 32.2. The van der Waals surface area contributed by atoms with Crippen LogP contribution < -0.4 is 10.1 Å². The molecule has 0 unspecified atom stereocenters. The Morgan fingerprint density at radius 3 is 2.59 bits per heavy atom. The molecule has 1 saturated heterocycles. The number of hydrogen-bond acceptors (Lipinski definition) is 9. The molecular formula is C23H29N3O7S. The summed E-state index contributed by atoms with van der Waals surface area (Å²) in [5, 5.41) is 11.9. The zero-order chi connectivity index (χ0) is 25.1. The van der Waals surface area contributed by atoms with Gasteiger partial charge in [0.15, 0.2) is 9.84 Å². The zero-order valence-electron chi connectivity index (χ0n) is 19.4. The fourth-order valence-corrected chi connectivity index (χ4v) is 5.35. The fraction of sp³-hybridized carbons (Fsp3) is 0.522. The van der Waals surface area contributed by atoms with Crippen LogP contribution in [-0.4, -0.2) is 61.1 Å². The van der Waals surface area contributed by atoms with E-state index in [0.717, 1.165) is 5.06 Å². The summed E-state index contributed by atoms with van der Waals surface area (Å²) in [6, 6.07) is 7.14. The molecule has 1 aromatic rings. The third-order valence-corrected chi connectivity index (χ3v) is 7.55. The Bertz CT molecular complexity index is 1100. The molecule has 2 fully saturated rings. The number of para-hydroxylation sites is 1. The van der Waals surface area contributed by atoms with Gasteiger partial charge < -0.3 is 19.6 Å². The van der Waals surface area contributed by atoms with Crippen LogP contribution >= 0.6 is 0 Å². The predicted octanol–water partition coefficient (Wildman–Crippen LogP) is 2.51. The SMILES string of the molecule is C=CCOc1ccccc1S(=O)(=O)[C@@H]1C[C@@H](C(=O)NC2(C#N)CC2)N(OC(=O)OC(C)(C)C)C1. The van der Waals surface area contributed by atoms with E-state index in [0.29, 0.717) is 12.8 Å². The molecule has 0 spiro atoms. The minimum Gasteiger partial charge on any atom is -0.488 e. The minimum absolute atomic E-state index is 0.0317.